The zero-order chi connectivity index (χ0) is 14.5. The molecule has 2 saturated heterocycles. The second kappa shape index (κ2) is 6.48. The lowest BCUT2D eigenvalue weighted by Crippen LogP contribution is -2.47. The molecule has 1 aromatic carbocycles. The molecule has 0 saturated carbocycles. The molecule has 3 rings (SSSR count). The van der Waals surface area contributed by atoms with E-state index in [9.17, 15) is 4.79 Å². The van der Waals surface area contributed by atoms with Gasteiger partial charge in [-0.15, -0.1) is 0 Å². The summed E-state index contributed by atoms with van der Waals surface area (Å²) in [4.78, 5) is 14.5. The number of piperidine rings is 1. The molecular weight excluding hydrogens is 264 g/mol. The predicted octanol–water partition coefficient (Wildman–Crippen LogP) is 2.06. The maximum Gasteiger partial charge on any atom is 0.227 e. The number of nitrogens with zero attached hydrogens (tertiary/aromatic N) is 1. The monoisotopic (exact) mass is 288 g/mol. The van der Waals surface area contributed by atoms with E-state index >= 15 is 0 Å². The van der Waals surface area contributed by atoms with Gasteiger partial charge in [0.2, 0.25) is 5.91 Å². The van der Waals surface area contributed by atoms with Crippen LogP contribution in [-0.4, -0.2) is 43.6 Å². The fourth-order valence-electron chi connectivity index (χ4n) is 3.46. The molecule has 0 aliphatic carbocycles. The highest BCUT2D eigenvalue weighted by Gasteiger charge is 2.45. The summed E-state index contributed by atoms with van der Waals surface area (Å²) in [6.45, 7) is 4.57. The fraction of sp³-hybridized carbons (Fsp3) is 0.588. The number of ether oxygens (including phenoxy) is 1. The highest BCUT2D eigenvalue weighted by Crippen LogP contribution is 2.37. The Labute approximate surface area is 126 Å². The van der Waals surface area contributed by atoms with Gasteiger partial charge in [0, 0.05) is 19.6 Å². The Morgan fingerprint density at radius 1 is 1.24 bits per heavy atom. The number of carbonyl (C=O) groups excluding carboxylic acids is 1. The van der Waals surface area contributed by atoms with Crippen molar-refractivity contribution in [3.05, 3.63) is 30.3 Å². The SMILES string of the molecule is O=C1NCCC[C@]12CCN(CCCOc1ccccc1)C2. The van der Waals surface area contributed by atoms with Crippen LogP contribution in [-0.2, 0) is 4.79 Å². The molecule has 4 nitrogen and oxygen atoms in total. The second-order valence-electron chi connectivity index (χ2n) is 6.18. The van der Waals surface area contributed by atoms with Gasteiger partial charge in [0.15, 0.2) is 0 Å². The summed E-state index contributed by atoms with van der Waals surface area (Å²) in [6.07, 6.45) is 4.19. The highest BCUT2D eigenvalue weighted by atomic mass is 16.5. The normalized spacial score (nSPS) is 26.0. The number of rotatable bonds is 5. The largest absolute Gasteiger partial charge is 0.494 e. The zero-order valence-corrected chi connectivity index (χ0v) is 12.5. The molecule has 0 bridgehead atoms. The van der Waals surface area contributed by atoms with E-state index in [1.54, 1.807) is 0 Å². The Hall–Kier alpha value is -1.55. The van der Waals surface area contributed by atoms with E-state index in [-0.39, 0.29) is 11.3 Å². The summed E-state index contributed by atoms with van der Waals surface area (Å²) in [6, 6.07) is 9.93. The van der Waals surface area contributed by atoms with Crippen LogP contribution in [0.1, 0.15) is 25.7 Å². The third-order valence-corrected chi connectivity index (χ3v) is 4.66. The van der Waals surface area contributed by atoms with Crippen molar-refractivity contribution in [1.82, 2.24) is 10.2 Å². The van der Waals surface area contributed by atoms with Gasteiger partial charge in [0.05, 0.1) is 12.0 Å². The van der Waals surface area contributed by atoms with E-state index in [2.05, 4.69) is 10.2 Å². The van der Waals surface area contributed by atoms with E-state index in [1.165, 1.54) is 0 Å². The molecule has 0 unspecified atom stereocenters. The highest BCUT2D eigenvalue weighted by molar-refractivity contribution is 5.83. The third-order valence-electron chi connectivity index (χ3n) is 4.66. The predicted molar refractivity (Wildman–Crippen MR) is 82.3 cm³/mol. The van der Waals surface area contributed by atoms with Crippen LogP contribution >= 0.6 is 0 Å². The molecule has 21 heavy (non-hydrogen) atoms. The van der Waals surface area contributed by atoms with Crippen molar-refractivity contribution >= 4 is 5.91 Å². The van der Waals surface area contributed by atoms with Crippen molar-refractivity contribution in [1.29, 1.82) is 0 Å². The molecule has 2 aliphatic heterocycles. The number of amides is 1. The smallest absolute Gasteiger partial charge is 0.227 e. The van der Waals surface area contributed by atoms with Crippen LogP contribution in [0.15, 0.2) is 30.3 Å². The first-order valence-corrected chi connectivity index (χ1v) is 7.97. The van der Waals surface area contributed by atoms with E-state index in [4.69, 9.17) is 4.74 Å². The van der Waals surface area contributed by atoms with Gasteiger partial charge in [-0.1, -0.05) is 18.2 Å². The van der Waals surface area contributed by atoms with Gasteiger partial charge >= 0.3 is 0 Å². The van der Waals surface area contributed by atoms with Crippen LogP contribution in [0.3, 0.4) is 0 Å². The van der Waals surface area contributed by atoms with Crippen LogP contribution in [0, 0.1) is 5.41 Å². The van der Waals surface area contributed by atoms with Gasteiger partial charge in [-0.3, -0.25) is 4.79 Å². The molecular formula is C17H24N2O2. The number of nitrogens with one attached hydrogen (secondary N) is 1. The van der Waals surface area contributed by atoms with Crippen molar-refractivity contribution in [3.8, 4) is 5.75 Å². The minimum atomic E-state index is -0.0987. The summed E-state index contributed by atoms with van der Waals surface area (Å²) < 4.78 is 5.72. The van der Waals surface area contributed by atoms with Crippen LogP contribution in [0.25, 0.3) is 0 Å². The lowest BCUT2D eigenvalue weighted by Gasteiger charge is -2.32. The first-order chi connectivity index (χ1) is 10.3. The summed E-state index contributed by atoms with van der Waals surface area (Å²) in [5, 5.41) is 3.03. The number of para-hydroxylation sites is 1. The molecule has 4 heteroatoms. The molecule has 1 spiro atoms. The number of carbonyl (C=O) groups is 1. The maximum absolute atomic E-state index is 12.1. The van der Waals surface area contributed by atoms with Crippen molar-refractivity contribution in [3.63, 3.8) is 0 Å². The fourth-order valence-corrected chi connectivity index (χ4v) is 3.46. The molecule has 114 valence electrons. The molecule has 0 radical (unpaired) electrons. The number of hydrogen-bond donors (Lipinski definition) is 1. The topological polar surface area (TPSA) is 41.6 Å². The average molecular weight is 288 g/mol. The molecule has 1 amide bonds. The average Bonchev–Trinajstić information content (AvgIpc) is 2.92. The molecule has 0 aromatic heterocycles. The van der Waals surface area contributed by atoms with Gasteiger partial charge in [0.1, 0.15) is 5.75 Å². The first kappa shape index (κ1) is 14.4. The van der Waals surface area contributed by atoms with Gasteiger partial charge in [0.25, 0.3) is 0 Å². The number of benzene rings is 1. The lowest BCUT2D eigenvalue weighted by molar-refractivity contribution is -0.132. The first-order valence-electron chi connectivity index (χ1n) is 7.97. The standard InChI is InChI=1S/C17H24N2O2/c20-16-17(8-4-10-18-16)9-12-19(14-17)11-5-13-21-15-6-2-1-3-7-15/h1-3,6-7H,4-5,8-14H2,(H,18,20)/t17-/m1/s1. The van der Waals surface area contributed by atoms with E-state index < -0.39 is 0 Å². The Balaban J connectivity index is 1.40. The summed E-state index contributed by atoms with van der Waals surface area (Å²) >= 11 is 0. The van der Waals surface area contributed by atoms with Crippen molar-refractivity contribution in [2.45, 2.75) is 25.7 Å². The minimum Gasteiger partial charge on any atom is -0.494 e. The summed E-state index contributed by atoms with van der Waals surface area (Å²) in [5.74, 6) is 1.21. The molecule has 1 N–H and O–H groups in total. The van der Waals surface area contributed by atoms with Crippen LogP contribution in [0.2, 0.25) is 0 Å². The minimum absolute atomic E-state index is 0.0987. The Kier molecular flexibility index (Phi) is 4.44. The second-order valence-corrected chi connectivity index (χ2v) is 6.18. The van der Waals surface area contributed by atoms with E-state index in [1.807, 2.05) is 30.3 Å². The zero-order valence-electron chi connectivity index (χ0n) is 12.5. The van der Waals surface area contributed by atoms with Crippen molar-refractivity contribution in [2.75, 3.05) is 32.8 Å². The summed E-state index contributed by atoms with van der Waals surface area (Å²) in [7, 11) is 0. The molecule has 2 aliphatic rings. The van der Waals surface area contributed by atoms with Crippen molar-refractivity contribution < 1.29 is 9.53 Å². The van der Waals surface area contributed by atoms with Gasteiger partial charge < -0.3 is 15.0 Å². The third kappa shape index (κ3) is 3.38. The van der Waals surface area contributed by atoms with Crippen LogP contribution < -0.4 is 10.1 Å². The number of hydrogen-bond acceptors (Lipinski definition) is 3. The Morgan fingerprint density at radius 2 is 2.10 bits per heavy atom. The van der Waals surface area contributed by atoms with Gasteiger partial charge in [-0.2, -0.15) is 0 Å². The van der Waals surface area contributed by atoms with Crippen LogP contribution in [0.4, 0.5) is 0 Å². The molecule has 2 fully saturated rings. The summed E-state index contributed by atoms with van der Waals surface area (Å²) in [5.41, 5.74) is -0.0987. The maximum atomic E-state index is 12.1. The van der Waals surface area contributed by atoms with Gasteiger partial charge in [-0.05, 0) is 44.4 Å². The Morgan fingerprint density at radius 3 is 2.90 bits per heavy atom. The molecule has 2 heterocycles. The quantitative estimate of drug-likeness (QED) is 0.843. The van der Waals surface area contributed by atoms with E-state index in [0.717, 1.165) is 64.2 Å². The lowest BCUT2D eigenvalue weighted by atomic mass is 9.79. The Bertz CT molecular complexity index is 477. The van der Waals surface area contributed by atoms with Gasteiger partial charge in [-0.25, -0.2) is 0 Å². The van der Waals surface area contributed by atoms with E-state index in [0.29, 0.717) is 0 Å². The number of likely N-dealkylation sites (tertiary alicyclic amines) is 1. The molecule has 1 atom stereocenters. The van der Waals surface area contributed by atoms with Crippen LogP contribution in [0.5, 0.6) is 5.75 Å². The van der Waals surface area contributed by atoms with Crippen molar-refractivity contribution in [2.24, 2.45) is 5.41 Å². The molecule has 1 aromatic rings.